The van der Waals surface area contributed by atoms with Crippen LogP contribution in [0.5, 0.6) is 0 Å². The highest BCUT2D eigenvalue weighted by atomic mass is 32.1. The topological polar surface area (TPSA) is 87.6 Å². The number of aryl methyl sites for hydroxylation is 1. The number of benzene rings is 1. The fraction of sp³-hybridized carbons (Fsp3) is 0.450. The summed E-state index contributed by atoms with van der Waals surface area (Å²) in [5.41, 5.74) is 1.84. The third-order valence-corrected chi connectivity index (χ3v) is 6.07. The zero-order valence-electron chi connectivity index (χ0n) is 16.4. The summed E-state index contributed by atoms with van der Waals surface area (Å²) in [6, 6.07) is 9.38. The van der Waals surface area contributed by atoms with E-state index in [-0.39, 0.29) is 6.54 Å². The fourth-order valence-electron chi connectivity index (χ4n) is 3.62. The second kappa shape index (κ2) is 8.89. The van der Waals surface area contributed by atoms with Gasteiger partial charge in [0.05, 0.1) is 18.3 Å². The minimum Gasteiger partial charge on any atom is -0.390 e. The van der Waals surface area contributed by atoms with Gasteiger partial charge in [-0.3, -0.25) is 14.0 Å². The summed E-state index contributed by atoms with van der Waals surface area (Å²) in [6.07, 6.45) is 0.316. The van der Waals surface area contributed by atoms with E-state index < -0.39 is 11.9 Å². The first-order chi connectivity index (χ1) is 14.1. The van der Waals surface area contributed by atoms with Crippen molar-refractivity contribution in [3.8, 4) is 11.4 Å². The molecule has 0 amide bonds. The zero-order valence-corrected chi connectivity index (χ0v) is 17.2. The van der Waals surface area contributed by atoms with Gasteiger partial charge in [-0.05, 0) is 19.9 Å². The van der Waals surface area contributed by atoms with E-state index in [9.17, 15) is 9.90 Å². The van der Waals surface area contributed by atoms with Gasteiger partial charge in [0.1, 0.15) is 0 Å². The lowest BCUT2D eigenvalue weighted by Crippen LogP contribution is -2.38. The maximum absolute atomic E-state index is 12.1. The molecule has 3 aromatic rings. The highest BCUT2D eigenvalue weighted by Gasteiger charge is 2.21. The van der Waals surface area contributed by atoms with Gasteiger partial charge in [0.25, 0.3) is 0 Å². The van der Waals surface area contributed by atoms with Crippen molar-refractivity contribution in [1.82, 2.24) is 19.6 Å². The molecular formula is C20H25N5O3S. The summed E-state index contributed by atoms with van der Waals surface area (Å²) in [6.45, 7) is 6.25. The molecule has 1 saturated heterocycles. The van der Waals surface area contributed by atoms with Gasteiger partial charge in [0.2, 0.25) is 0 Å². The van der Waals surface area contributed by atoms with E-state index in [1.165, 1.54) is 4.57 Å². The van der Waals surface area contributed by atoms with Crippen molar-refractivity contribution in [3.05, 3.63) is 52.0 Å². The van der Waals surface area contributed by atoms with Crippen LogP contribution in [0.25, 0.3) is 11.4 Å². The van der Waals surface area contributed by atoms with Gasteiger partial charge in [0.15, 0.2) is 11.0 Å². The first-order valence-electron chi connectivity index (χ1n) is 9.79. The van der Waals surface area contributed by atoms with Crippen LogP contribution in [-0.4, -0.2) is 63.5 Å². The number of aliphatic hydroxyl groups excluding tert-OH is 1. The molecule has 4 rings (SSSR count). The van der Waals surface area contributed by atoms with Gasteiger partial charge >= 0.3 is 5.76 Å². The summed E-state index contributed by atoms with van der Waals surface area (Å²) < 4.78 is 6.25. The van der Waals surface area contributed by atoms with Crippen LogP contribution in [-0.2, 0) is 6.54 Å². The first kappa shape index (κ1) is 19.8. The molecule has 1 unspecified atom stereocenters. The molecule has 1 fully saturated rings. The standard InChI is InChI=1S/C20H25N5O3S/c1-15-14-29-19(21-15)24-9-5-8-23(10-11-24)12-17(26)13-25-18(22-28-20(25)27)16-6-3-2-4-7-16/h2-4,6-7,14,17,26H,5,8-13H2,1H3. The molecule has 0 bridgehead atoms. The van der Waals surface area contributed by atoms with Crippen molar-refractivity contribution in [1.29, 1.82) is 0 Å². The molecule has 1 aliphatic rings. The van der Waals surface area contributed by atoms with Gasteiger partial charge in [-0.25, -0.2) is 9.78 Å². The average Bonchev–Trinajstić information content (AvgIpc) is 3.22. The van der Waals surface area contributed by atoms with Crippen LogP contribution in [0.15, 0.2) is 45.0 Å². The molecule has 0 aliphatic carbocycles. The summed E-state index contributed by atoms with van der Waals surface area (Å²) in [7, 11) is 0. The second-order valence-corrected chi connectivity index (χ2v) is 8.15. The smallest absolute Gasteiger partial charge is 0.390 e. The number of aliphatic hydroxyl groups is 1. The highest BCUT2D eigenvalue weighted by Crippen LogP contribution is 2.21. The lowest BCUT2D eigenvalue weighted by Gasteiger charge is -2.24. The number of β-amino-alcohol motifs (C(OH)–C–C–N with tert-alkyl or cyclic N) is 1. The molecular weight excluding hydrogens is 390 g/mol. The van der Waals surface area contributed by atoms with Crippen LogP contribution in [0, 0.1) is 6.92 Å². The zero-order chi connectivity index (χ0) is 20.2. The largest absolute Gasteiger partial charge is 0.441 e. The van der Waals surface area contributed by atoms with Crippen LogP contribution in [0.3, 0.4) is 0 Å². The van der Waals surface area contributed by atoms with E-state index in [4.69, 9.17) is 4.52 Å². The molecule has 0 radical (unpaired) electrons. The molecule has 3 heterocycles. The minimum atomic E-state index is -0.691. The molecule has 2 aromatic heterocycles. The van der Waals surface area contributed by atoms with E-state index in [1.54, 1.807) is 11.3 Å². The molecule has 1 aliphatic heterocycles. The summed E-state index contributed by atoms with van der Waals surface area (Å²) in [5.74, 6) is -0.111. The predicted molar refractivity (Wildman–Crippen MR) is 112 cm³/mol. The number of hydrogen-bond donors (Lipinski definition) is 1. The number of nitrogens with zero attached hydrogens (tertiary/aromatic N) is 5. The first-order valence-corrected chi connectivity index (χ1v) is 10.7. The van der Waals surface area contributed by atoms with Crippen LogP contribution in [0.4, 0.5) is 5.13 Å². The Morgan fingerprint density at radius 3 is 2.76 bits per heavy atom. The number of hydrogen-bond acceptors (Lipinski definition) is 8. The van der Waals surface area contributed by atoms with E-state index in [1.807, 2.05) is 37.3 Å². The summed E-state index contributed by atoms with van der Waals surface area (Å²) in [4.78, 5) is 21.2. The summed E-state index contributed by atoms with van der Waals surface area (Å²) in [5, 5.41) is 17.7. The third kappa shape index (κ3) is 4.75. The molecule has 1 N–H and O–H groups in total. The number of aromatic nitrogens is 3. The Bertz CT molecular complexity index is 983. The van der Waals surface area contributed by atoms with E-state index in [2.05, 4.69) is 25.3 Å². The molecule has 154 valence electrons. The molecule has 1 aromatic carbocycles. The highest BCUT2D eigenvalue weighted by molar-refractivity contribution is 7.13. The number of thiazole rings is 1. The quantitative estimate of drug-likeness (QED) is 0.657. The molecule has 8 nitrogen and oxygen atoms in total. The Hall–Kier alpha value is -2.49. The number of anilines is 1. The molecule has 0 saturated carbocycles. The maximum Gasteiger partial charge on any atom is 0.441 e. The average molecular weight is 416 g/mol. The molecule has 1 atom stereocenters. The van der Waals surface area contributed by atoms with Gasteiger partial charge in [-0.1, -0.05) is 35.5 Å². The van der Waals surface area contributed by atoms with E-state index in [0.29, 0.717) is 12.4 Å². The maximum atomic E-state index is 12.1. The Labute approximate surface area is 173 Å². The second-order valence-electron chi connectivity index (χ2n) is 7.32. The monoisotopic (exact) mass is 415 g/mol. The van der Waals surface area contributed by atoms with E-state index in [0.717, 1.165) is 49.0 Å². The van der Waals surface area contributed by atoms with Crippen molar-refractivity contribution in [2.75, 3.05) is 37.6 Å². The third-order valence-electron chi connectivity index (χ3n) is 5.05. The molecule has 9 heteroatoms. The summed E-state index contributed by atoms with van der Waals surface area (Å²) >= 11 is 1.68. The fourth-order valence-corrected chi connectivity index (χ4v) is 4.48. The van der Waals surface area contributed by atoms with Crippen LogP contribution < -0.4 is 10.7 Å². The lowest BCUT2D eigenvalue weighted by atomic mass is 10.2. The van der Waals surface area contributed by atoms with Gasteiger partial charge in [-0.15, -0.1) is 11.3 Å². The molecule has 0 spiro atoms. The van der Waals surface area contributed by atoms with Crippen molar-refractivity contribution in [2.24, 2.45) is 0 Å². The number of rotatable bonds is 6. The lowest BCUT2D eigenvalue weighted by molar-refractivity contribution is 0.0997. The van der Waals surface area contributed by atoms with Crippen LogP contribution >= 0.6 is 11.3 Å². The Morgan fingerprint density at radius 1 is 1.17 bits per heavy atom. The van der Waals surface area contributed by atoms with Crippen LogP contribution in [0.1, 0.15) is 12.1 Å². The SMILES string of the molecule is Cc1csc(N2CCCN(CC(O)Cn3c(-c4ccccc4)noc3=O)CC2)n1. The Morgan fingerprint density at radius 2 is 2.00 bits per heavy atom. The van der Waals surface area contributed by atoms with Gasteiger partial charge in [-0.2, -0.15) is 0 Å². The Kier molecular flexibility index (Phi) is 6.08. The molecule has 29 heavy (non-hydrogen) atoms. The normalized spacial score (nSPS) is 16.7. The van der Waals surface area contributed by atoms with Gasteiger partial charge < -0.3 is 10.0 Å². The van der Waals surface area contributed by atoms with Gasteiger partial charge in [0, 0.05) is 37.1 Å². The predicted octanol–water partition coefficient (Wildman–Crippen LogP) is 1.84. The van der Waals surface area contributed by atoms with E-state index >= 15 is 0 Å². The van der Waals surface area contributed by atoms with Crippen molar-refractivity contribution in [2.45, 2.75) is 26.0 Å². The Balaban J connectivity index is 1.37. The minimum absolute atomic E-state index is 0.151. The van der Waals surface area contributed by atoms with Crippen molar-refractivity contribution in [3.63, 3.8) is 0 Å². The van der Waals surface area contributed by atoms with Crippen molar-refractivity contribution < 1.29 is 9.63 Å². The van der Waals surface area contributed by atoms with Crippen molar-refractivity contribution >= 4 is 16.5 Å². The van der Waals surface area contributed by atoms with Crippen LogP contribution in [0.2, 0.25) is 0 Å².